The molecule has 154 valence electrons. The fourth-order valence-corrected chi connectivity index (χ4v) is 5.39. The van der Waals surface area contributed by atoms with Crippen LogP contribution >= 0.6 is 27.7 Å². The molecule has 0 radical (unpaired) electrons. The number of rotatable bonds is 5. The first-order valence-electron chi connectivity index (χ1n) is 10.0. The lowest BCUT2D eigenvalue weighted by Gasteiger charge is -2.24. The summed E-state index contributed by atoms with van der Waals surface area (Å²) in [6.45, 7) is 0.589. The third-order valence-corrected chi connectivity index (χ3v) is 7.02. The molecule has 1 saturated heterocycles. The highest BCUT2D eigenvalue weighted by Crippen LogP contribution is 2.43. The predicted molar refractivity (Wildman–Crippen MR) is 129 cm³/mol. The van der Waals surface area contributed by atoms with E-state index in [2.05, 4.69) is 46.4 Å². The summed E-state index contributed by atoms with van der Waals surface area (Å²) in [5.41, 5.74) is 5.10. The zero-order valence-corrected chi connectivity index (χ0v) is 19.1. The van der Waals surface area contributed by atoms with Crippen LogP contribution in [0.2, 0.25) is 0 Å². The van der Waals surface area contributed by atoms with E-state index in [1.165, 1.54) is 0 Å². The van der Waals surface area contributed by atoms with Crippen LogP contribution in [0.3, 0.4) is 0 Å². The molecule has 1 aliphatic heterocycles. The van der Waals surface area contributed by atoms with Crippen molar-refractivity contribution in [2.24, 2.45) is 0 Å². The molecule has 4 nitrogen and oxygen atoms in total. The Balaban J connectivity index is 1.59. The molecule has 1 unspecified atom stereocenters. The Morgan fingerprint density at radius 1 is 0.968 bits per heavy atom. The van der Waals surface area contributed by atoms with Crippen molar-refractivity contribution >= 4 is 33.6 Å². The smallest absolute Gasteiger partial charge is 0.234 e. The molecule has 1 atom stereocenters. The van der Waals surface area contributed by atoms with Gasteiger partial charge >= 0.3 is 0 Å². The van der Waals surface area contributed by atoms with E-state index in [1.807, 2.05) is 70.2 Å². The standard InChI is InChI=1S/C25H20BrN3OS/c26-20-11-7-10-19(14-20)24-22(16-29(27-24)21-12-5-2-6-13-21)25-28(23(30)17-31-25)15-18-8-3-1-4-9-18/h1-14,16,25H,15,17H2. The Labute approximate surface area is 194 Å². The average Bonchev–Trinajstić information content (AvgIpc) is 3.39. The van der Waals surface area contributed by atoms with Crippen molar-refractivity contribution in [3.63, 3.8) is 0 Å². The monoisotopic (exact) mass is 489 g/mol. The number of nitrogens with zero attached hydrogens (tertiary/aromatic N) is 3. The summed E-state index contributed by atoms with van der Waals surface area (Å²) >= 11 is 5.24. The number of carbonyl (C=O) groups is 1. The zero-order valence-electron chi connectivity index (χ0n) is 16.7. The number of halogens is 1. The van der Waals surface area contributed by atoms with Gasteiger partial charge in [0.25, 0.3) is 0 Å². The van der Waals surface area contributed by atoms with Gasteiger partial charge in [0.15, 0.2) is 0 Å². The van der Waals surface area contributed by atoms with E-state index in [-0.39, 0.29) is 11.3 Å². The Hall–Kier alpha value is -2.83. The fourth-order valence-electron chi connectivity index (χ4n) is 3.80. The van der Waals surface area contributed by atoms with Crippen molar-refractivity contribution in [1.29, 1.82) is 0 Å². The van der Waals surface area contributed by atoms with E-state index in [0.29, 0.717) is 12.3 Å². The molecule has 0 aliphatic carbocycles. The SMILES string of the molecule is O=C1CSC(c2cn(-c3ccccc3)nc2-c2cccc(Br)c2)N1Cc1ccccc1. The number of hydrogen-bond donors (Lipinski definition) is 0. The maximum atomic E-state index is 12.8. The van der Waals surface area contributed by atoms with Crippen LogP contribution in [0, 0.1) is 0 Å². The highest BCUT2D eigenvalue weighted by molar-refractivity contribution is 9.10. The Morgan fingerprint density at radius 2 is 1.71 bits per heavy atom. The second-order valence-corrected chi connectivity index (χ2v) is 9.38. The number of amides is 1. The molecule has 0 bridgehead atoms. The van der Waals surface area contributed by atoms with Gasteiger partial charge in [-0.2, -0.15) is 5.10 Å². The Kier molecular flexibility index (Phi) is 5.66. The molecule has 1 aliphatic rings. The van der Waals surface area contributed by atoms with Crippen LogP contribution in [0.15, 0.2) is 95.6 Å². The third kappa shape index (κ3) is 4.18. The van der Waals surface area contributed by atoms with Crippen LogP contribution in [0.4, 0.5) is 0 Å². The van der Waals surface area contributed by atoms with Gasteiger partial charge in [-0.15, -0.1) is 11.8 Å². The molecular weight excluding hydrogens is 470 g/mol. The highest BCUT2D eigenvalue weighted by Gasteiger charge is 2.35. The molecule has 0 saturated carbocycles. The van der Waals surface area contributed by atoms with E-state index < -0.39 is 0 Å². The lowest BCUT2D eigenvalue weighted by Crippen LogP contribution is -2.27. The minimum Gasteiger partial charge on any atom is -0.321 e. The summed E-state index contributed by atoms with van der Waals surface area (Å²) in [4.78, 5) is 14.8. The molecule has 3 aromatic carbocycles. The maximum absolute atomic E-state index is 12.8. The van der Waals surface area contributed by atoms with Gasteiger partial charge in [-0.3, -0.25) is 4.79 Å². The Morgan fingerprint density at radius 3 is 2.45 bits per heavy atom. The summed E-state index contributed by atoms with van der Waals surface area (Å²) in [6, 6.07) is 28.4. The average molecular weight is 490 g/mol. The van der Waals surface area contributed by atoms with Crippen LogP contribution in [0.1, 0.15) is 16.5 Å². The second kappa shape index (κ2) is 8.73. The fraction of sp³-hybridized carbons (Fsp3) is 0.120. The topological polar surface area (TPSA) is 38.1 Å². The molecule has 5 rings (SSSR count). The van der Waals surface area contributed by atoms with Gasteiger partial charge in [-0.25, -0.2) is 4.68 Å². The Bertz CT molecular complexity index is 1210. The second-order valence-electron chi connectivity index (χ2n) is 7.39. The maximum Gasteiger partial charge on any atom is 0.234 e. The van der Waals surface area contributed by atoms with Crippen molar-refractivity contribution < 1.29 is 4.79 Å². The molecule has 2 heterocycles. The molecule has 1 aromatic heterocycles. The normalized spacial score (nSPS) is 16.1. The van der Waals surface area contributed by atoms with Gasteiger partial charge in [-0.05, 0) is 29.8 Å². The van der Waals surface area contributed by atoms with Crippen LogP contribution < -0.4 is 0 Å². The predicted octanol–water partition coefficient (Wildman–Crippen LogP) is 6.08. The van der Waals surface area contributed by atoms with Gasteiger partial charge in [0.1, 0.15) is 5.37 Å². The molecule has 6 heteroatoms. The minimum absolute atomic E-state index is 0.0841. The highest BCUT2D eigenvalue weighted by atomic mass is 79.9. The van der Waals surface area contributed by atoms with Gasteiger partial charge in [0.05, 0.1) is 17.1 Å². The molecule has 0 spiro atoms. The van der Waals surface area contributed by atoms with Gasteiger partial charge < -0.3 is 4.90 Å². The van der Waals surface area contributed by atoms with Crippen LogP contribution in [0.5, 0.6) is 0 Å². The molecule has 31 heavy (non-hydrogen) atoms. The summed E-state index contributed by atoms with van der Waals surface area (Å²) < 4.78 is 2.91. The lowest BCUT2D eigenvalue weighted by atomic mass is 10.1. The molecule has 4 aromatic rings. The van der Waals surface area contributed by atoms with Crippen LogP contribution in [0.25, 0.3) is 16.9 Å². The van der Waals surface area contributed by atoms with Gasteiger partial charge in [0.2, 0.25) is 5.91 Å². The molecule has 1 fully saturated rings. The lowest BCUT2D eigenvalue weighted by molar-refractivity contribution is -0.128. The summed E-state index contributed by atoms with van der Waals surface area (Å²) in [7, 11) is 0. The van der Waals surface area contributed by atoms with Crippen molar-refractivity contribution in [2.45, 2.75) is 11.9 Å². The van der Waals surface area contributed by atoms with Crippen molar-refractivity contribution in [2.75, 3.05) is 5.75 Å². The van der Waals surface area contributed by atoms with Gasteiger partial charge in [0, 0.05) is 28.3 Å². The quantitative estimate of drug-likeness (QED) is 0.341. The summed E-state index contributed by atoms with van der Waals surface area (Å²) in [5, 5.41) is 4.86. The number of carbonyl (C=O) groups excluding carboxylic acids is 1. The molecule has 0 N–H and O–H groups in total. The largest absolute Gasteiger partial charge is 0.321 e. The summed E-state index contributed by atoms with van der Waals surface area (Å²) in [6.07, 6.45) is 2.07. The first-order valence-corrected chi connectivity index (χ1v) is 11.9. The minimum atomic E-state index is -0.0841. The van der Waals surface area contributed by atoms with Crippen LogP contribution in [-0.2, 0) is 11.3 Å². The molecule has 1 amide bonds. The summed E-state index contributed by atoms with van der Waals surface area (Å²) in [5.74, 6) is 0.637. The van der Waals surface area contributed by atoms with Crippen LogP contribution in [-0.4, -0.2) is 26.3 Å². The first-order chi connectivity index (χ1) is 15.2. The van der Waals surface area contributed by atoms with E-state index in [4.69, 9.17) is 5.10 Å². The van der Waals surface area contributed by atoms with Crippen molar-refractivity contribution in [1.82, 2.24) is 14.7 Å². The van der Waals surface area contributed by atoms with Crippen molar-refractivity contribution in [3.8, 4) is 16.9 Å². The number of para-hydroxylation sites is 1. The van der Waals surface area contributed by atoms with E-state index in [9.17, 15) is 4.79 Å². The van der Waals surface area contributed by atoms with E-state index in [0.717, 1.165) is 32.5 Å². The van der Waals surface area contributed by atoms with E-state index >= 15 is 0 Å². The first kappa shape index (κ1) is 20.1. The third-order valence-electron chi connectivity index (χ3n) is 5.29. The number of hydrogen-bond acceptors (Lipinski definition) is 3. The molecular formula is C25H20BrN3OS. The van der Waals surface area contributed by atoms with Gasteiger partial charge in [-0.1, -0.05) is 76.6 Å². The van der Waals surface area contributed by atoms with E-state index in [1.54, 1.807) is 11.8 Å². The zero-order chi connectivity index (χ0) is 21.2. The number of aromatic nitrogens is 2. The van der Waals surface area contributed by atoms with Crippen molar-refractivity contribution in [3.05, 3.63) is 107 Å². The number of benzene rings is 3. The number of thioether (sulfide) groups is 1.